The second-order valence-electron chi connectivity index (χ2n) is 6.69. The first kappa shape index (κ1) is 22.7. The number of carbonyl (C=O) groups excluding carboxylic acids is 1. The van der Waals surface area contributed by atoms with Crippen LogP contribution in [-0.4, -0.2) is 38.5 Å². The van der Waals surface area contributed by atoms with Gasteiger partial charge in [-0.2, -0.15) is 13.2 Å². The summed E-state index contributed by atoms with van der Waals surface area (Å²) in [5.74, 6) is -0.858. The van der Waals surface area contributed by atoms with Crippen LogP contribution in [0.15, 0.2) is 53.4 Å². The number of carbonyl (C=O) groups is 1. The summed E-state index contributed by atoms with van der Waals surface area (Å²) in [6.45, 7) is 2.22. The van der Waals surface area contributed by atoms with Gasteiger partial charge < -0.3 is 4.90 Å². The van der Waals surface area contributed by atoms with Crippen LogP contribution in [0.3, 0.4) is 0 Å². The highest BCUT2D eigenvalue weighted by molar-refractivity contribution is 7.92. The van der Waals surface area contributed by atoms with E-state index in [1.165, 1.54) is 18.2 Å². The van der Waals surface area contributed by atoms with Gasteiger partial charge in [-0.05, 0) is 43.7 Å². The van der Waals surface area contributed by atoms with E-state index in [1.807, 2.05) is 6.92 Å². The Kier molecular flexibility index (Phi) is 7.29. The first-order chi connectivity index (χ1) is 13.5. The fraction of sp³-hybridized carbons (Fsp3) is 0.350. The first-order valence-corrected chi connectivity index (χ1v) is 10.6. The molecule has 1 N–H and O–H groups in total. The van der Waals surface area contributed by atoms with Crippen molar-refractivity contribution in [3.8, 4) is 0 Å². The van der Waals surface area contributed by atoms with Crippen molar-refractivity contribution in [3.05, 3.63) is 59.7 Å². The van der Waals surface area contributed by atoms with Crippen molar-refractivity contribution in [1.82, 2.24) is 4.90 Å². The zero-order valence-electron chi connectivity index (χ0n) is 16.2. The van der Waals surface area contributed by atoms with Gasteiger partial charge in [-0.3, -0.25) is 9.52 Å². The van der Waals surface area contributed by atoms with Crippen LogP contribution >= 0.6 is 0 Å². The molecular formula is C20H23F3N2O3S. The first-order valence-electron chi connectivity index (χ1n) is 9.07. The Bertz CT molecular complexity index is 942. The third-order valence-corrected chi connectivity index (χ3v) is 5.51. The molecule has 2 aromatic carbocycles. The fourth-order valence-electron chi connectivity index (χ4n) is 2.63. The minimum Gasteiger partial charge on any atom is -0.330 e. The number of anilines is 1. The van der Waals surface area contributed by atoms with E-state index in [0.29, 0.717) is 23.4 Å². The molecule has 1 amide bonds. The second-order valence-corrected chi connectivity index (χ2v) is 8.38. The Hall–Kier alpha value is -2.55. The van der Waals surface area contributed by atoms with Crippen molar-refractivity contribution in [3.63, 3.8) is 0 Å². The average molecular weight is 428 g/mol. The molecule has 0 aliphatic carbocycles. The molecule has 0 saturated heterocycles. The maximum absolute atomic E-state index is 12.8. The number of halogens is 3. The number of alkyl halides is 3. The molecule has 5 nitrogen and oxygen atoms in total. The van der Waals surface area contributed by atoms with Crippen LogP contribution in [-0.2, 0) is 10.0 Å². The van der Waals surface area contributed by atoms with Crippen LogP contribution < -0.4 is 4.72 Å². The average Bonchev–Trinajstić information content (AvgIpc) is 2.65. The quantitative estimate of drug-likeness (QED) is 0.668. The topological polar surface area (TPSA) is 66.5 Å². The van der Waals surface area contributed by atoms with Gasteiger partial charge in [-0.25, -0.2) is 8.42 Å². The molecule has 0 heterocycles. The highest BCUT2D eigenvalue weighted by Crippen LogP contribution is 2.21. The molecule has 0 aliphatic heterocycles. The molecule has 0 atom stereocenters. The number of amides is 1. The van der Waals surface area contributed by atoms with Crippen molar-refractivity contribution >= 4 is 21.6 Å². The van der Waals surface area contributed by atoms with Crippen molar-refractivity contribution in [2.75, 3.05) is 17.8 Å². The summed E-state index contributed by atoms with van der Waals surface area (Å²) < 4.78 is 66.2. The van der Waals surface area contributed by atoms with Crippen LogP contribution in [0.1, 0.15) is 35.7 Å². The number of sulfonamides is 1. The van der Waals surface area contributed by atoms with Gasteiger partial charge in [0.15, 0.2) is 0 Å². The molecule has 0 radical (unpaired) electrons. The summed E-state index contributed by atoms with van der Waals surface area (Å²) in [5.41, 5.74) is 1.18. The largest absolute Gasteiger partial charge is 0.406 e. The zero-order valence-corrected chi connectivity index (χ0v) is 17.0. The van der Waals surface area contributed by atoms with Gasteiger partial charge in [0.25, 0.3) is 15.9 Å². The molecule has 0 fully saturated rings. The molecule has 9 heteroatoms. The van der Waals surface area contributed by atoms with Gasteiger partial charge in [-0.15, -0.1) is 0 Å². The maximum atomic E-state index is 12.8. The van der Waals surface area contributed by atoms with Gasteiger partial charge in [0.2, 0.25) is 0 Å². The molecule has 2 rings (SSSR count). The van der Waals surface area contributed by atoms with Crippen molar-refractivity contribution in [2.24, 2.45) is 0 Å². The monoisotopic (exact) mass is 428 g/mol. The lowest BCUT2D eigenvalue weighted by Crippen LogP contribution is -2.39. The molecular weight excluding hydrogens is 405 g/mol. The van der Waals surface area contributed by atoms with Crippen LogP contribution in [0.5, 0.6) is 0 Å². The maximum Gasteiger partial charge on any atom is 0.406 e. The number of nitrogens with zero attached hydrogens (tertiary/aromatic N) is 1. The van der Waals surface area contributed by atoms with Crippen LogP contribution in [0.4, 0.5) is 18.9 Å². The molecule has 0 unspecified atom stereocenters. The summed E-state index contributed by atoms with van der Waals surface area (Å²) in [6.07, 6.45) is -3.51. The number of hydrogen-bond donors (Lipinski definition) is 1. The Balaban J connectivity index is 2.27. The minimum absolute atomic E-state index is 0.0621. The lowest BCUT2D eigenvalue weighted by Gasteiger charge is -2.24. The molecule has 29 heavy (non-hydrogen) atoms. The normalized spacial score (nSPS) is 11.9. The lowest BCUT2D eigenvalue weighted by molar-refractivity contribution is -0.140. The third-order valence-electron chi connectivity index (χ3n) is 4.13. The van der Waals surface area contributed by atoms with Crippen LogP contribution in [0.2, 0.25) is 0 Å². The van der Waals surface area contributed by atoms with E-state index in [1.54, 1.807) is 31.2 Å². The summed E-state index contributed by atoms with van der Waals surface area (Å²) >= 11 is 0. The van der Waals surface area contributed by atoms with Crippen molar-refractivity contribution in [1.29, 1.82) is 0 Å². The lowest BCUT2D eigenvalue weighted by atomic mass is 10.2. The molecule has 2 aromatic rings. The summed E-state index contributed by atoms with van der Waals surface area (Å²) in [7, 11) is -4.00. The van der Waals surface area contributed by atoms with Crippen LogP contribution in [0, 0.1) is 6.92 Å². The van der Waals surface area contributed by atoms with Gasteiger partial charge in [0.1, 0.15) is 6.54 Å². The predicted octanol–water partition coefficient (Wildman–Crippen LogP) is 4.60. The molecule has 0 bridgehead atoms. The van der Waals surface area contributed by atoms with E-state index in [9.17, 15) is 26.4 Å². The fourth-order valence-corrected chi connectivity index (χ4v) is 3.74. The number of nitrogens with one attached hydrogen (secondary N) is 1. The Morgan fingerprint density at radius 3 is 2.34 bits per heavy atom. The van der Waals surface area contributed by atoms with Crippen molar-refractivity contribution < 1.29 is 26.4 Å². The summed E-state index contributed by atoms with van der Waals surface area (Å²) in [6, 6.07) is 11.7. The number of aryl methyl sites for hydroxylation is 1. The van der Waals surface area contributed by atoms with Gasteiger partial charge in [-0.1, -0.05) is 37.1 Å². The highest BCUT2D eigenvalue weighted by atomic mass is 32.2. The van der Waals surface area contributed by atoms with E-state index in [4.69, 9.17) is 0 Å². The van der Waals surface area contributed by atoms with Crippen LogP contribution in [0.25, 0.3) is 0 Å². The Labute approximate surface area is 168 Å². The van der Waals surface area contributed by atoms with E-state index in [-0.39, 0.29) is 17.0 Å². The Morgan fingerprint density at radius 2 is 1.76 bits per heavy atom. The highest BCUT2D eigenvalue weighted by Gasteiger charge is 2.33. The number of rotatable bonds is 8. The summed E-state index contributed by atoms with van der Waals surface area (Å²) in [5, 5.41) is 0. The zero-order chi connectivity index (χ0) is 21.7. The summed E-state index contributed by atoms with van der Waals surface area (Å²) in [4.78, 5) is 13.1. The number of benzene rings is 2. The predicted molar refractivity (Wildman–Crippen MR) is 105 cm³/mol. The third kappa shape index (κ3) is 6.77. The molecule has 0 aliphatic rings. The van der Waals surface area contributed by atoms with E-state index in [0.717, 1.165) is 11.6 Å². The molecule has 0 spiro atoms. The van der Waals surface area contributed by atoms with Crippen molar-refractivity contribution in [2.45, 2.75) is 37.8 Å². The number of hydrogen-bond acceptors (Lipinski definition) is 3. The van der Waals surface area contributed by atoms with E-state index < -0.39 is 28.7 Å². The van der Waals surface area contributed by atoms with Gasteiger partial charge in [0.05, 0.1) is 4.90 Å². The van der Waals surface area contributed by atoms with E-state index >= 15 is 0 Å². The Morgan fingerprint density at radius 1 is 1.10 bits per heavy atom. The second kappa shape index (κ2) is 9.30. The minimum atomic E-state index is -4.54. The number of unbranched alkanes of at least 4 members (excludes halogenated alkanes) is 1. The molecule has 0 aromatic heterocycles. The molecule has 158 valence electrons. The standard InChI is InChI=1S/C20H23F3N2O3S/c1-3-4-12-25(14-20(21,22)23)19(26)16-6-5-7-18(13-16)29(27,28)24-17-10-8-15(2)9-11-17/h5-11,13,24H,3-4,12,14H2,1-2H3. The SMILES string of the molecule is CCCCN(CC(F)(F)F)C(=O)c1cccc(S(=O)(=O)Nc2ccc(C)cc2)c1. The van der Waals surface area contributed by atoms with Gasteiger partial charge in [0, 0.05) is 17.8 Å². The smallest absolute Gasteiger partial charge is 0.330 e. The van der Waals surface area contributed by atoms with Gasteiger partial charge >= 0.3 is 6.18 Å². The van der Waals surface area contributed by atoms with E-state index in [2.05, 4.69) is 4.72 Å². The molecule has 0 saturated carbocycles.